The monoisotopic (exact) mass is 301 g/mol. The van der Waals surface area contributed by atoms with Crippen molar-refractivity contribution in [1.82, 2.24) is 4.90 Å². The molecule has 1 saturated heterocycles. The molecule has 0 aromatic heterocycles. The molecule has 1 aliphatic carbocycles. The van der Waals surface area contributed by atoms with Gasteiger partial charge in [-0.15, -0.1) is 0 Å². The van der Waals surface area contributed by atoms with Crippen molar-refractivity contribution in [2.75, 3.05) is 27.3 Å². The van der Waals surface area contributed by atoms with Gasteiger partial charge in [-0.3, -0.25) is 4.79 Å². The number of para-hydroxylation sites is 1. The number of methoxy groups -OCH3 is 2. The summed E-state index contributed by atoms with van der Waals surface area (Å²) in [5, 5.41) is 0. The molecule has 22 heavy (non-hydrogen) atoms. The van der Waals surface area contributed by atoms with Crippen molar-refractivity contribution in [2.45, 2.75) is 25.2 Å². The Morgan fingerprint density at radius 2 is 1.95 bits per heavy atom. The summed E-state index contributed by atoms with van der Waals surface area (Å²) in [7, 11) is 3.32. The van der Waals surface area contributed by atoms with Gasteiger partial charge >= 0.3 is 0 Å². The fourth-order valence-electron chi connectivity index (χ4n) is 3.52. The van der Waals surface area contributed by atoms with Crippen LogP contribution in [-0.4, -0.2) is 38.1 Å². The van der Waals surface area contributed by atoms with Crippen molar-refractivity contribution in [3.05, 3.63) is 35.9 Å². The molecule has 1 unspecified atom stereocenters. The first kappa shape index (κ1) is 14.9. The molecule has 118 valence electrons. The molecular weight excluding hydrogens is 278 g/mol. The molecule has 1 fully saturated rings. The predicted molar refractivity (Wildman–Crippen MR) is 85.3 cm³/mol. The van der Waals surface area contributed by atoms with Crippen LogP contribution in [0.3, 0.4) is 0 Å². The second-order valence-corrected chi connectivity index (χ2v) is 5.99. The molecule has 1 aromatic rings. The van der Waals surface area contributed by atoms with E-state index in [2.05, 4.69) is 18.2 Å². The van der Waals surface area contributed by atoms with E-state index >= 15 is 0 Å². The number of carbonyl (C=O) groups is 1. The summed E-state index contributed by atoms with van der Waals surface area (Å²) in [5.41, 5.74) is 1.14. The van der Waals surface area contributed by atoms with Crippen molar-refractivity contribution in [3.8, 4) is 11.5 Å². The number of hydrogen-bond acceptors (Lipinski definition) is 3. The van der Waals surface area contributed by atoms with Gasteiger partial charge in [0.05, 0.1) is 14.2 Å². The van der Waals surface area contributed by atoms with Crippen LogP contribution >= 0.6 is 0 Å². The zero-order valence-corrected chi connectivity index (χ0v) is 13.2. The molecule has 4 heteroatoms. The zero-order valence-electron chi connectivity index (χ0n) is 13.2. The third-order valence-electron chi connectivity index (χ3n) is 4.73. The maximum Gasteiger partial charge on any atom is 0.226 e. The normalized spacial score (nSPS) is 21.4. The highest BCUT2D eigenvalue weighted by atomic mass is 16.5. The van der Waals surface area contributed by atoms with Crippen LogP contribution in [0.25, 0.3) is 0 Å². The minimum absolute atomic E-state index is 0.158. The van der Waals surface area contributed by atoms with E-state index in [9.17, 15) is 4.79 Å². The lowest BCUT2D eigenvalue weighted by atomic mass is 9.97. The quantitative estimate of drug-likeness (QED) is 0.803. The Morgan fingerprint density at radius 1 is 1.18 bits per heavy atom. The van der Waals surface area contributed by atoms with Crippen LogP contribution in [0, 0.1) is 5.92 Å². The van der Waals surface area contributed by atoms with E-state index in [-0.39, 0.29) is 5.92 Å². The molecule has 3 rings (SSSR count). The van der Waals surface area contributed by atoms with Gasteiger partial charge in [-0.1, -0.05) is 24.3 Å². The topological polar surface area (TPSA) is 38.8 Å². The second-order valence-electron chi connectivity index (χ2n) is 5.99. The van der Waals surface area contributed by atoms with E-state index in [1.54, 1.807) is 14.2 Å². The Hall–Kier alpha value is -1.97. The van der Waals surface area contributed by atoms with E-state index < -0.39 is 0 Å². The molecule has 1 heterocycles. The summed E-state index contributed by atoms with van der Waals surface area (Å²) < 4.78 is 10.9. The molecule has 1 aromatic carbocycles. The zero-order chi connectivity index (χ0) is 15.5. The van der Waals surface area contributed by atoms with Crippen molar-refractivity contribution in [3.63, 3.8) is 0 Å². The van der Waals surface area contributed by atoms with Crippen LogP contribution in [0.5, 0.6) is 11.5 Å². The summed E-state index contributed by atoms with van der Waals surface area (Å²) in [5.74, 6) is 2.33. The Labute approximate surface area is 131 Å². The highest BCUT2D eigenvalue weighted by molar-refractivity contribution is 5.80. The summed E-state index contributed by atoms with van der Waals surface area (Å²) in [6.45, 7) is 1.61. The van der Waals surface area contributed by atoms with Crippen molar-refractivity contribution >= 4 is 5.91 Å². The smallest absolute Gasteiger partial charge is 0.226 e. The number of nitrogens with zero attached hydrogens (tertiary/aromatic N) is 1. The van der Waals surface area contributed by atoms with Gasteiger partial charge in [0.25, 0.3) is 0 Å². The molecule has 1 aliphatic heterocycles. The highest BCUT2D eigenvalue weighted by Crippen LogP contribution is 2.39. The molecular formula is C18H23NO3. The van der Waals surface area contributed by atoms with Crippen molar-refractivity contribution < 1.29 is 14.3 Å². The van der Waals surface area contributed by atoms with Gasteiger partial charge < -0.3 is 14.4 Å². The summed E-state index contributed by atoms with van der Waals surface area (Å²) in [6.07, 6.45) is 6.99. The van der Waals surface area contributed by atoms with Gasteiger partial charge in [0.15, 0.2) is 11.5 Å². The summed E-state index contributed by atoms with van der Waals surface area (Å²) in [4.78, 5) is 14.5. The van der Waals surface area contributed by atoms with Crippen LogP contribution in [0.15, 0.2) is 30.4 Å². The first-order valence-electron chi connectivity index (χ1n) is 7.89. The first-order chi connectivity index (χ1) is 10.7. The molecule has 0 saturated carbocycles. The molecule has 2 aliphatic rings. The van der Waals surface area contributed by atoms with E-state index in [1.807, 2.05) is 17.0 Å². The molecule has 0 radical (unpaired) electrons. The highest BCUT2D eigenvalue weighted by Gasteiger charge is 2.33. The van der Waals surface area contributed by atoms with Crippen LogP contribution < -0.4 is 9.47 Å². The Morgan fingerprint density at radius 3 is 2.64 bits per heavy atom. The summed E-state index contributed by atoms with van der Waals surface area (Å²) >= 11 is 0. The number of carbonyl (C=O) groups excluding carboxylic acids is 1. The van der Waals surface area contributed by atoms with Crippen LogP contribution in [-0.2, 0) is 4.79 Å². The van der Waals surface area contributed by atoms with E-state index in [4.69, 9.17) is 9.47 Å². The van der Waals surface area contributed by atoms with Crippen LogP contribution in [0.2, 0.25) is 0 Å². The number of benzene rings is 1. The van der Waals surface area contributed by atoms with Gasteiger partial charge in [0, 0.05) is 30.5 Å². The lowest BCUT2D eigenvalue weighted by Gasteiger charge is -2.21. The Balaban J connectivity index is 1.74. The lowest BCUT2D eigenvalue weighted by molar-refractivity contribution is -0.134. The minimum Gasteiger partial charge on any atom is -0.493 e. The third kappa shape index (κ3) is 2.70. The van der Waals surface area contributed by atoms with Gasteiger partial charge in [0.1, 0.15) is 0 Å². The number of rotatable bonds is 4. The number of hydrogen-bond donors (Lipinski definition) is 0. The molecule has 1 amide bonds. The number of ether oxygens (including phenoxy) is 2. The number of likely N-dealkylation sites (tertiary alicyclic amines) is 1. The lowest BCUT2D eigenvalue weighted by Crippen LogP contribution is -2.33. The van der Waals surface area contributed by atoms with Crippen LogP contribution in [0.1, 0.15) is 30.7 Å². The van der Waals surface area contributed by atoms with Gasteiger partial charge in [-0.2, -0.15) is 0 Å². The average molecular weight is 301 g/mol. The van der Waals surface area contributed by atoms with E-state index in [0.717, 1.165) is 49.4 Å². The number of allylic oxidation sites excluding steroid dienone is 2. The van der Waals surface area contributed by atoms with Gasteiger partial charge in [-0.05, 0) is 25.3 Å². The van der Waals surface area contributed by atoms with Gasteiger partial charge in [0.2, 0.25) is 5.91 Å². The molecule has 1 atom stereocenters. The second kappa shape index (κ2) is 6.42. The third-order valence-corrected chi connectivity index (χ3v) is 4.73. The molecule has 4 nitrogen and oxygen atoms in total. The largest absolute Gasteiger partial charge is 0.493 e. The van der Waals surface area contributed by atoms with Gasteiger partial charge in [-0.25, -0.2) is 0 Å². The fraction of sp³-hybridized carbons (Fsp3) is 0.500. The Bertz CT molecular complexity index is 574. The molecule has 0 bridgehead atoms. The fourth-order valence-corrected chi connectivity index (χ4v) is 3.52. The standard InChI is InChI=1S/C18H23NO3/c1-21-16-9-5-8-15(17(16)22-2)14-10-11-19(12-14)18(20)13-6-3-4-7-13/h3-5,8-9,13-14H,6-7,10-12H2,1-2H3. The predicted octanol–water partition coefficient (Wildman–Crippen LogP) is 2.99. The molecule has 0 spiro atoms. The minimum atomic E-state index is 0.158. The first-order valence-corrected chi connectivity index (χ1v) is 7.89. The van der Waals surface area contributed by atoms with Crippen molar-refractivity contribution in [2.24, 2.45) is 5.92 Å². The van der Waals surface area contributed by atoms with Crippen molar-refractivity contribution in [1.29, 1.82) is 0 Å². The average Bonchev–Trinajstić information content (AvgIpc) is 3.24. The van der Waals surface area contributed by atoms with Crippen LogP contribution in [0.4, 0.5) is 0 Å². The van der Waals surface area contributed by atoms with E-state index in [1.165, 1.54) is 0 Å². The molecule has 0 N–H and O–H groups in total. The Kier molecular flexibility index (Phi) is 4.36. The SMILES string of the molecule is COc1cccc(C2CCN(C(=O)C3CC=CC3)C2)c1OC. The number of amides is 1. The summed E-state index contributed by atoms with van der Waals surface area (Å²) in [6, 6.07) is 5.98. The van der Waals surface area contributed by atoms with E-state index in [0.29, 0.717) is 11.8 Å². The maximum atomic E-state index is 12.5. The maximum absolute atomic E-state index is 12.5.